The minimum atomic E-state index is -1.60. The van der Waals surface area contributed by atoms with Crippen LogP contribution >= 0.6 is 15.9 Å². The van der Waals surface area contributed by atoms with Crippen LogP contribution in [0.3, 0.4) is 0 Å². The van der Waals surface area contributed by atoms with Gasteiger partial charge < -0.3 is 9.84 Å². The highest BCUT2D eigenvalue weighted by Crippen LogP contribution is 2.25. The summed E-state index contributed by atoms with van der Waals surface area (Å²) in [6, 6.07) is 4.90. The highest BCUT2D eigenvalue weighted by molar-refractivity contribution is 9.10. The first-order valence-electron chi connectivity index (χ1n) is 3.98. The van der Waals surface area contributed by atoms with Gasteiger partial charge >= 0.3 is 5.97 Å². The molecule has 1 rings (SSSR count). The first-order valence-corrected chi connectivity index (χ1v) is 4.78. The third kappa shape index (κ3) is 3.06. The van der Waals surface area contributed by atoms with Crippen molar-refractivity contribution in [1.82, 2.24) is 0 Å². The van der Waals surface area contributed by atoms with Gasteiger partial charge in [-0.1, -0.05) is 15.9 Å². The van der Waals surface area contributed by atoms with Gasteiger partial charge in [-0.25, -0.2) is 4.79 Å². The van der Waals surface area contributed by atoms with Gasteiger partial charge in [-0.2, -0.15) is 4.39 Å². The Morgan fingerprint density at radius 2 is 2.27 bits per heavy atom. The summed E-state index contributed by atoms with van der Waals surface area (Å²) in [5.74, 6) is -2.42. The molecule has 0 aliphatic heterocycles. The summed E-state index contributed by atoms with van der Waals surface area (Å²) in [6.07, 6.45) is 0.909. The van der Waals surface area contributed by atoms with Crippen molar-refractivity contribution < 1.29 is 19.0 Å². The second-order valence-corrected chi connectivity index (χ2v) is 3.60. The van der Waals surface area contributed by atoms with E-state index in [1.807, 2.05) is 0 Å². The molecule has 3 nitrogen and oxygen atoms in total. The number of carboxylic acids is 1. The van der Waals surface area contributed by atoms with Crippen LogP contribution in [-0.2, 0) is 4.79 Å². The molecule has 0 unspecified atom stereocenters. The van der Waals surface area contributed by atoms with Crippen molar-refractivity contribution in [1.29, 1.82) is 0 Å². The van der Waals surface area contributed by atoms with Crippen LogP contribution in [-0.4, -0.2) is 18.2 Å². The fraction of sp³-hybridized carbons (Fsp3) is 0.100. The van der Waals surface area contributed by atoms with E-state index in [1.54, 1.807) is 18.2 Å². The van der Waals surface area contributed by atoms with Crippen LogP contribution in [0.25, 0.3) is 6.08 Å². The third-order valence-electron chi connectivity index (χ3n) is 1.68. The van der Waals surface area contributed by atoms with Crippen LogP contribution in [0.1, 0.15) is 5.56 Å². The molecule has 0 saturated heterocycles. The molecule has 1 aromatic carbocycles. The molecule has 0 amide bonds. The van der Waals surface area contributed by atoms with E-state index in [4.69, 9.17) is 9.84 Å². The number of halogens is 2. The van der Waals surface area contributed by atoms with Gasteiger partial charge in [-0.15, -0.1) is 0 Å². The maximum atomic E-state index is 12.9. The van der Waals surface area contributed by atoms with Crippen molar-refractivity contribution in [3.8, 4) is 5.75 Å². The fourth-order valence-electron chi connectivity index (χ4n) is 1.02. The molecule has 0 aliphatic rings. The number of benzene rings is 1. The molecular weight excluding hydrogens is 267 g/mol. The van der Waals surface area contributed by atoms with E-state index in [0.29, 0.717) is 15.8 Å². The fourth-order valence-corrected chi connectivity index (χ4v) is 1.40. The smallest absolute Gasteiger partial charge is 0.364 e. The van der Waals surface area contributed by atoms with Gasteiger partial charge in [0.25, 0.3) is 0 Å². The lowest BCUT2D eigenvalue weighted by Crippen LogP contribution is -1.95. The molecule has 80 valence electrons. The van der Waals surface area contributed by atoms with Crippen LogP contribution in [0.5, 0.6) is 5.75 Å². The Labute approximate surface area is 94.3 Å². The molecule has 0 heterocycles. The standard InChI is InChI=1S/C10H8BrFO3/c1-15-9-3-2-7(11)4-6(9)5-8(12)10(13)14/h2-5H,1H3,(H,13,14). The van der Waals surface area contributed by atoms with Gasteiger partial charge in [0.1, 0.15) is 5.75 Å². The van der Waals surface area contributed by atoms with Gasteiger partial charge in [0.05, 0.1) is 7.11 Å². The van der Waals surface area contributed by atoms with Crippen molar-refractivity contribution in [3.63, 3.8) is 0 Å². The predicted octanol–water partition coefficient (Wildman–Crippen LogP) is 2.85. The van der Waals surface area contributed by atoms with Crippen molar-refractivity contribution in [2.45, 2.75) is 0 Å². The molecule has 0 bridgehead atoms. The SMILES string of the molecule is COc1ccc(Br)cc1C=C(F)C(=O)O. The average molecular weight is 275 g/mol. The number of carbonyl (C=O) groups is 1. The number of hydrogen-bond donors (Lipinski definition) is 1. The topological polar surface area (TPSA) is 46.5 Å². The maximum absolute atomic E-state index is 12.9. The average Bonchev–Trinajstić information content (AvgIpc) is 2.18. The molecule has 0 spiro atoms. The normalized spacial score (nSPS) is 11.3. The van der Waals surface area contributed by atoms with E-state index in [1.165, 1.54) is 7.11 Å². The van der Waals surface area contributed by atoms with Gasteiger partial charge in [0.15, 0.2) is 0 Å². The van der Waals surface area contributed by atoms with Gasteiger partial charge in [0.2, 0.25) is 5.83 Å². The van der Waals surface area contributed by atoms with E-state index >= 15 is 0 Å². The molecular formula is C10H8BrFO3. The molecule has 0 aliphatic carbocycles. The monoisotopic (exact) mass is 274 g/mol. The quantitative estimate of drug-likeness (QED) is 0.863. The van der Waals surface area contributed by atoms with Crippen LogP contribution in [0.2, 0.25) is 0 Å². The molecule has 15 heavy (non-hydrogen) atoms. The molecule has 1 N–H and O–H groups in total. The molecule has 0 saturated carbocycles. The third-order valence-corrected chi connectivity index (χ3v) is 2.17. The Hall–Kier alpha value is -1.36. The molecule has 0 fully saturated rings. The van der Waals surface area contributed by atoms with Crippen LogP contribution in [0.4, 0.5) is 4.39 Å². The molecule has 5 heteroatoms. The van der Waals surface area contributed by atoms with E-state index in [9.17, 15) is 9.18 Å². The van der Waals surface area contributed by atoms with Gasteiger partial charge in [-0.05, 0) is 24.3 Å². The van der Waals surface area contributed by atoms with Crippen molar-refractivity contribution >= 4 is 28.0 Å². The Kier molecular flexibility index (Phi) is 3.85. The summed E-state index contributed by atoms with van der Waals surface area (Å²) in [7, 11) is 1.43. The number of ether oxygens (including phenoxy) is 1. The highest BCUT2D eigenvalue weighted by Gasteiger charge is 2.08. The zero-order valence-corrected chi connectivity index (χ0v) is 9.42. The second-order valence-electron chi connectivity index (χ2n) is 2.68. The van der Waals surface area contributed by atoms with Crippen LogP contribution in [0, 0.1) is 0 Å². The Morgan fingerprint density at radius 1 is 1.60 bits per heavy atom. The molecule has 0 atom stereocenters. The van der Waals surface area contributed by atoms with E-state index < -0.39 is 11.8 Å². The minimum absolute atomic E-state index is 0.367. The van der Waals surface area contributed by atoms with E-state index in [2.05, 4.69) is 15.9 Å². The van der Waals surface area contributed by atoms with Crippen LogP contribution < -0.4 is 4.74 Å². The number of carboxylic acid groups (broad SMARTS) is 1. The van der Waals surface area contributed by atoms with Crippen molar-refractivity contribution in [2.24, 2.45) is 0 Å². The summed E-state index contributed by atoms with van der Waals surface area (Å²) >= 11 is 3.20. The first-order chi connectivity index (χ1) is 7.04. The zero-order valence-electron chi connectivity index (χ0n) is 7.83. The van der Waals surface area contributed by atoms with E-state index in [-0.39, 0.29) is 0 Å². The number of rotatable bonds is 3. The number of methoxy groups -OCH3 is 1. The second kappa shape index (κ2) is 4.93. The summed E-state index contributed by atoms with van der Waals surface area (Å²) in [6.45, 7) is 0. The first kappa shape index (κ1) is 11.7. The van der Waals surface area contributed by atoms with Gasteiger partial charge in [0, 0.05) is 10.0 Å². The lowest BCUT2D eigenvalue weighted by atomic mass is 10.2. The van der Waals surface area contributed by atoms with Crippen molar-refractivity contribution in [3.05, 3.63) is 34.1 Å². The molecule has 0 aromatic heterocycles. The predicted molar refractivity (Wildman–Crippen MR) is 57.4 cm³/mol. The zero-order chi connectivity index (χ0) is 11.4. The Morgan fingerprint density at radius 3 is 2.80 bits per heavy atom. The van der Waals surface area contributed by atoms with Crippen molar-refractivity contribution in [2.75, 3.05) is 7.11 Å². The number of hydrogen-bond acceptors (Lipinski definition) is 2. The number of aliphatic carboxylic acids is 1. The lowest BCUT2D eigenvalue weighted by Gasteiger charge is -2.04. The summed E-state index contributed by atoms with van der Waals surface area (Å²) in [5, 5.41) is 8.38. The molecule has 0 radical (unpaired) electrons. The summed E-state index contributed by atoms with van der Waals surface area (Å²) in [4.78, 5) is 10.3. The minimum Gasteiger partial charge on any atom is -0.496 e. The largest absolute Gasteiger partial charge is 0.496 e. The maximum Gasteiger partial charge on any atom is 0.364 e. The van der Waals surface area contributed by atoms with E-state index in [0.717, 1.165) is 6.08 Å². The van der Waals surface area contributed by atoms with Gasteiger partial charge in [-0.3, -0.25) is 0 Å². The summed E-state index contributed by atoms with van der Waals surface area (Å²) in [5.41, 5.74) is 0.367. The van der Waals surface area contributed by atoms with Crippen LogP contribution in [0.15, 0.2) is 28.5 Å². The summed E-state index contributed by atoms with van der Waals surface area (Å²) < 4.78 is 18.5. The Bertz CT molecular complexity index is 415. The lowest BCUT2D eigenvalue weighted by molar-refractivity contribution is -0.134. The Balaban J connectivity index is 3.18. The molecule has 1 aromatic rings. The highest BCUT2D eigenvalue weighted by atomic mass is 79.9.